The Morgan fingerprint density at radius 2 is 1.79 bits per heavy atom. The number of nitrogens with zero attached hydrogens (tertiary/aromatic N) is 3. The lowest BCUT2D eigenvalue weighted by atomic mass is 10.0. The third-order valence-corrected chi connectivity index (χ3v) is 8.90. The molecule has 2 unspecified atom stereocenters. The molecule has 0 bridgehead atoms. The molecule has 0 radical (unpaired) electrons. The number of carbonyl (C=O) groups is 2. The maximum Gasteiger partial charge on any atom is 0.420 e. The van der Waals surface area contributed by atoms with E-state index in [-0.39, 0.29) is 68.4 Å². The van der Waals surface area contributed by atoms with Gasteiger partial charge in [0.15, 0.2) is 29.5 Å². The van der Waals surface area contributed by atoms with Gasteiger partial charge in [-0.15, -0.1) is 0 Å². The lowest BCUT2D eigenvalue weighted by Gasteiger charge is -2.27. The maximum absolute atomic E-state index is 13.5. The largest absolute Gasteiger partial charge is 0.755 e. The Morgan fingerprint density at radius 1 is 1.10 bits per heavy atom. The van der Waals surface area contributed by atoms with E-state index in [0.717, 1.165) is 29.8 Å². The lowest BCUT2D eigenvalue weighted by Crippen LogP contribution is -2.36. The van der Waals surface area contributed by atoms with Crippen LogP contribution in [0.15, 0.2) is 58.0 Å². The van der Waals surface area contributed by atoms with E-state index in [1.165, 1.54) is 36.4 Å². The van der Waals surface area contributed by atoms with Crippen molar-refractivity contribution in [3.63, 3.8) is 0 Å². The van der Waals surface area contributed by atoms with Gasteiger partial charge in [-0.2, -0.15) is 13.5 Å². The average Bonchev–Trinajstić information content (AvgIpc) is 3.81. The van der Waals surface area contributed by atoms with E-state index in [2.05, 4.69) is 4.74 Å². The molecule has 0 spiro atoms. The molecule has 4 aromatic rings. The molecule has 2 heterocycles. The van der Waals surface area contributed by atoms with Crippen LogP contribution in [0.25, 0.3) is 11.1 Å². The molecule has 2 aromatic heterocycles. The number of ether oxygens (including phenoxy) is 4. The molecule has 1 fully saturated rings. The monoisotopic (exact) mass is 786 g/mol. The van der Waals surface area contributed by atoms with Crippen molar-refractivity contribution in [3.8, 4) is 11.5 Å². The number of alkyl halides is 2. The summed E-state index contributed by atoms with van der Waals surface area (Å²) in [6, 6.07) is 7.81. The highest BCUT2D eigenvalue weighted by Gasteiger charge is 2.28. The van der Waals surface area contributed by atoms with Gasteiger partial charge < -0.3 is 33.1 Å². The van der Waals surface area contributed by atoms with Crippen molar-refractivity contribution in [1.82, 2.24) is 4.57 Å². The normalized spacial score (nSPS) is 14.2. The fourth-order valence-electron chi connectivity index (χ4n) is 5.07. The molecule has 1 aliphatic carbocycles. The predicted octanol–water partition coefficient (Wildman–Crippen LogP) is 5.39. The van der Waals surface area contributed by atoms with Crippen molar-refractivity contribution in [2.45, 2.75) is 64.9 Å². The summed E-state index contributed by atoms with van der Waals surface area (Å²) >= 11 is 9.72. The van der Waals surface area contributed by atoms with Crippen LogP contribution in [0.3, 0.4) is 0 Å². The van der Waals surface area contributed by atoms with Crippen LogP contribution in [0.1, 0.15) is 50.8 Å². The van der Waals surface area contributed by atoms with E-state index >= 15 is 0 Å². The first-order valence-electron chi connectivity index (χ1n) is 15.7. The van der Waals surface area contributed by atoms with Crippen molar-refractivity contribution < 1.29 is 55.2 Å². The zero-order valence-electron chi connectivity index (χ0n) is 27.8. The Kier molecular flexibility index (Phi) is 12.0. The number of carbonyl (C=O) groups excluding carboxylic acids is 2. The molecule has 5 rings (SSSR count). The number of pyridine rings is 1. The molecular formula is C33H32Cl2F2N3O11S-. The number of rotatable bonds is 15. The number of halogens is 4. The van der Waals surface area contributed by atoms with Gasteiger partial charge in [0.1, 0.15) is 34.8 Å². The topological polar surface area (TPSA) is 177 Å². The van der Waals surface area contributed by atoms with Crippen molar-refractivity contribution in [3.05, 3.63) is 85.7 Å². The predicted molar refractivity (Wildman–Crippen MR) is 182 cm³/mol. The van der Waals surface area contributed by atoms with Gasteiger partial charge in [-0.3, -0.25) is 22.7 Å². The smallest absolute Gasteiger partial charge is 0.420 e. The van der Waals surface area contributed by atoms with Crippen molar-refractivity contribution in [1.29, 1.82) is 0 Å². The molecule has 0 aliphatic heterocycles. The van der Waals surface area contributed by atoms with Crippen LogP contribution in [0.5, 0.6) is 11.5 Å². The second-order valence-corrected chi connectivity index (χ2v) is 14.4. The number of hydrogen-bond donors (Lipinski definition) is 0. The van der Waals surface area contributed by atoms with Crippen LogP contribution in [-0.2, 0) is 43.3 Å². The molecule has 1 aliphatic rings. The number of oxazole rings is 1. The fourth-order valence-corrected chi connectivity index (χ4v) is 6.16. The summed E-state index contributed by atoms with van der Waals surface area (Å²) in [5.74, 6) is -2.78. The molecule has 2 aromatic carbocycles. The number of hydrogen-bond acceptors (Lipinski definition) is 11. The second-order valence-electron chi connectivity index (χ2n) is 12.8. The van der Waals surface area contributed by atoms with Crippen LogP contribution in [0, 0.1) is 11.1 Å². The van der Waals surface area contributed by atoms with Crippen LogP contribution >= 0.6 is 23.2 Å². The van der Waals surface area contributed by atoms with E-state index in [9.17, 15) is 37.1 Å². The van der Waals surface area contributed by atoms with Gasteiger partial charge in [0.25, 0.3) is 0 Å². The molecule has 0 amide bonds. The van der Waals surface area contributed by atoms with Crippen LogP contribution in [-0.4, -0.2) is 50.6 Å². The molecule has 280 valence electrons. The summed E-state index contributed by atoms with van der Waals surface area (Å²) < 4.78 is 79.1. The summed E-state index contributed by atoms with van der Waals surface area (Å²) in [6.07, 6.45) is 2.54. The average molecular weight is 788 g/mol. The number of aromatic nitrogens is 2. The lowest BCUT2D eigenvalue weighted by molar-refractivity contribution is -0.605. The van der Waals surface area contributed by atoms with Gasteiger partial charge in [0.2, 0.25) is 0 Å². The zero-order valence-corrected chi connectivity index (χ0v) is 30.2. The summed E-state index contributed by atoms with van der Waals surface area (Å²) in [5.41, 5.74) is -0.415. The van der Waals surface area contributed by atoms with E-state index in [1.54, 1.807) is 20.8 Å². The van der Waals surface area contributed by atoms with E-state index in [4.69, 9.17) is 41.8 Å². The SMILES string of the molecule is CC(C)(C)OC(=O)CN(c1ccc2c(c1)oc(=O)n2CC(=O)OC(Cc1c(Cl)c[n+]([O-])cc1Cl)c1ccc(OC(F)F)c(OCC2CC2)c1)S(=O)[O-]. The summed E-state index contributed by atoms with van der Waals surface area (Å²) in [5, 5.41) is 11.8. The van der Waals surface area contributed by atoms with Crippen molar-refractivity contribution >= 4 is 63.2 Å². The molecule has 1 saturated carbocycles. The first-order valence-corrected chi connectivity index (χ1v) is 17.5. The Bertz CT molecular complexity index is 2030. The van der Waals surface area contributed by atoms with Gasteiger partial charge in [0, 0.05) is 29.3 Å². The quantitative estimate of drug-likeness (QED) is 0.0653. The van der Waals surface area contributed by atoms with Crippen molar-refractivity contribution in [2.75, 3.05) is 17.5 Å². The maximum atomic E-state index is 13.5. The summed E-state index contributed by atoms with van der Waals surface area (Å²) in [6.45, 7) is 0.621. The zero-order chi connectivity index (χ0) is 37.9. The minimum absolute atomic E-state index is 0.0229. The highest BCUT2D eigenvalue weighted by Crippen LogP contribution is 2.38. The van der Waals surface area contributed by atoms with Gasteiger partial charge in [0.05, 0.1) is 17.8 Å². The van der Waals surface area contributed by atoms with Gasteiger partial charge in [-0.05, 0) is 69.4 Å². The standard InChI is InChI=1S/C33H33Cl2F2N3O11S/c1-33(2,3)51-30(42)16-40(52(45)46)20-7-8-24-27(11-20)50-32(43)39(24)15-29(41)48-26(12-21-22(34)13-38(44)14-23(21)35)19-6-9-25(49-31(36)37)28(10-19)47-17-18-4-5-18/h6-11,13-14,18,26,31H,4-5,12,15-17H2,1-3H3,(H,45,46)/p-1. The number of benzene rings is 2. The molecule has 0 saturated heterocycles. The fraction of sp³-hybridized carbons (Fsp3) is 0.394. The third kappa shape index (κ3) is 10.1. The highest BCUT2D eigenvalue weighted by atomic mass is 35.5. The van der Waals surface area contributed by atoms with Crippen LogP contribution < -0.4 is 24.3 Å². The van der Waals surface area contributed by atoms with E-state index < -0.39 is 60.4 Å². The molecule has 19 heteroatoms. The number of esters is 2. The Hall–Kier alpha value is -4.45. The summed E-state index contributed by atoms with van der Waals surface area (Å²) in [7, 11) is 0. The third-order valence-electron chi connectivity index (χ3n) is 7.55. The van der Waals surface area contributed by atoms with E-state index in [0.29, 0.717) is 9.04 Å². The molecular weight excluding hydrogens is 755 g/mol. The van der Waals surface area contributed by atoms with Crippen LogP contribution in [0.4, 0.5) is 14.5 Å². The van der Waals surface area contributed by atoms with Crippen LogP contribution in [0.2, 0.25) is 10.0 Å². The molecule has 14 nitrogen and oxygen atoms in total. The number of anilines is 1. The molecule has 0 N–H and O–H groups in total. The van der Waals surface area contributed by atoms with Crippen molar-refractivity contribution in [2.24, 2.45) is 5.92 Å². The Morgan fingerprint density at radius 3 is 2.40 bits per heavy atom. The van der Waals surface area contributed by atoms with E-state index in [1.807, 2.05) is 0 Å². The highest BCUT2D eigenvalue weighted by molar-refractivity contribution is 7.80. The molecule has 52 heavy (non-hydrogen) atoms. The minimum atomic E-state index is -3.14. The first kappa shape index (κ1) is 38.8. The Balaban J connectivity index is 1.43. The Labute approximate surface area is 307 Å². The number of fused-ring (bicyclic) bond motifs is 1. The first-order chi connectivity index (χ1) is 24.5. The van der Waals surface area contributed by atoms with Gasteiger partial charge in [-0.25, -0.2) is 4.79 Å². The molecule has 2 atom stereocenters. The minimum Gasteiger partial charge on any atom is -0.755 e. The van der Waals surface area contributed by atoms with Gasteiger partial charge in [-0.1, -0.05) is 29.3 Å². The second kappa shape index (κ2) is 16.1. The summed E-state index contributed by atoms with van der Waals surface area (Å²) in [4.78, 5) is 38.7. The van der Waals surface area contributed by atoms with Gasteiger partial charge >= 0.3 is 24.3 Å².